The number of methoxy groups -OCH3 is 1. The lowest BCUT2D eigenvalue weighted by atomic mass is 10.2. The van der Waals surface area contributed by atoms with Gasteiger partial charge in [0, 0.05) is 12.3 Å². The fourth-order valence-corrected chi connectivity index (χ4v) is 1.72. The molecule has 2 aromatic rings. The van der Waals surface area contributed by atoms with Crippen molar-refractivity contribution >= 4 is 27.6 Å². The van der Waals surface area contributed by atoms with E-state index >= 15 is 0 Å². The summed E-state index contributed by atoms with van der Waals surface area (Å²) in [6.07, 6.45) is 1.35. The first-order valence-electron chi connectivity index (χ1n) is 5.48. The lowest BCUT2D eigenvalue weighted by Gasteiger charge is -2.10. The van der Waals surface area contributed by atoms with Crippen LogP contribution in [0.2, 0.25) is 0 Å². The number of benzene rings is 1. The smallest absolute Gasteiger partial charge is 0.340 e. The molecule has 1 aromatic carbocycles. The average molecular weight is 341 g/mol. The van der Waals surface area contributed by atoms with Gasteiger partial charge in [-0.1, -0.05) is 0 Å². The van der Waals surface area contributed by atoms with E-state index in [9.17, 15) is 9.18 Å². The van der Waals surface area contributed by atoms with Gasteiger partial charge in [-0.25, -0.2) is 14.2 Å². The summed E-state index contributed by atoms with van der Waals surface area (Å²) in [6, 6.07) is 5.62. The Balaban J connectivity index is 2.34. The number of nitrogens with zero attached hydrogens (tertiary/aromatic N) is 1. The number of ether oxygens (including phenoxy) is 2. The van der Waals surface area contributed by atoms with E-state index in [4.69, 9.17) is 10.5 Å². The van der Waals surface area contributed by atoms with E-state index < -0.39 is 11.8 Å². The van der Waals surface area contributed by atoms with Gasteiger partial charge in [0.05, 0.1) is 17.1 Å². The van der Waals surface area contributed by atoms with Gasteiger partial charge in [-0.3, -0.25) is 0 Å². The summed E-state index contributed by atoms with van der Waals surface area (Å²) in [5.74, 6) is -0.858. The minimum Gasteiger partial charge on any atom is -0.465 e. The Bertz CT molecular complexity index is 664. The van der Waals surface area contributed by atoms with Crippen LogP contribution in [0.25, 0.3) is 0 Å². The van der Waals surface area contributed by atoms with Gasteiger partial charge in [-0.05, 0) is 34.1 Å². The van der Waals surface area contributed by atoms with Crippen LogP contribution >= 0.6 is 15.9 Å². The summed E-state index contributed by atoms with van der Waals surface area (Å²) in [5, 5.41) is 0. The maximum atomic E-state index is 13.4. The maximum Gasteiger partial charge on any atom is 0.340 e. The topological polar surface area (TPSA) is 74.4 Å². The third kappa shape index (κ3) is 2.88. The van der Waals surface area contributed by atoms with Crippen LogP contribution < -0.4 is 10.5 Å². The van der Waals surface area contributed by atoms with Gasteiger partial charge in [0.1, 0.15) is 17.3 Å². The lowest BCUT2D eigenvalue weighted by molar-refractivity contribution is 0.0601. The zero-order chi connectivity index (χ0) is 14.7. The first-order valence-corrected chi connectivity index (χ1v) is 6.28. The minimum absolute atomic E-state index is 0.00891. The van der Waals surface area contributed by atoms with Crippen LogP contribution in [-0.4, -0.2) is 18.1 Å². The molecule has 1 heterocycles. The van der Waals surface area contributed by atoms with E-state index in [1.54, 1.807) is 6.07 Å². The number of nitrogen functional groups attached to an aromatic ring is 1. The van der Waals surface area contributed by atoms with Gasteiger partial charge in [0.2, 0.25) is 5.88 Å². The largest absolute Gasteiger partial charge is 0.465 e. The summed E-state index contributed by atoms with van der Waals surface area (Å²) < 4.78 is 23.7. The van der Waals surface area contributed by atoms with E-state index in [1.165, 1.54) is 31.5 Å². The molecule has 20 heavy (non-hydrogen) atoms. The number of pyridine rings is 1. The Labute approximate surface area is 122 Å². The quantitative estimate of drug-likeness (QED) is 0.868. The molecule has 5 nitrogen and oxygen atoms in total. The predicted molar refractivity (Wildman–Crippen MR) is 74.2 cm³/mol. The SMILES string of the molecule is COC(=O)c1ccnc(Oc2ccc(Br)c(F)c2)c1N. The number of halogens is 2. The molecule has 0 aliphatic carbocycles. The summed E-state index contributed by atoms with van der Waals surface area (Å²) in [6.45, 7) is 0. The van der Waals surface area contributed by atoms with Gasteiger partial charge < -0.3 is 15.2 Å². The fraction of sp³-hybridized carbons (Fsp3) is 0.0769. The highest BCUT2D eigenvalue weighted by molar-refractivity contribution is 9.10. The van der Waals surface area contributed by atoms with E-state index in [0.717, 1.165) is 0 Å². The number of carbonyl (C=O) groups is 1. The molecule has 0 bridgehead atoms. The molecule has 2 N–H and O–H groups in total. The Morgan fingerprint density at radius 1 is 1.40 bits per heavy atom. The zero-order valence-corrected chi connectivity index (χ0v) is 12.0. The Kier molecular flexibility index (Phi) is 4.19. The number of anilines is 1. The molecule has 0 aliphatic heterocycles. The van der Waals surface area contributed by atoms with Crippen molar-refractivity contribution in [3.8, 4) is 11.6 Å². The van der Waals surface area contributed by atoms with Crippen LogP contribution in [0.3, 0.4) is 0 Å². The summed E-state index contributed by atoms with van der Waals surface area (Å²) in [4.78, 5) is 15.4. The van der Waals surface area contributed by atoms with E-state index in [-0.39, 0.29) is 22.9 Å². The molecule has 0 radical (unpaired) electrons. The predicted octanol–water partition coefficient (Wildman–Crippen LogP) is 3.14. The van der Waals surface area contributed by atoms with Crippen molar-refractivity contribution in [2.75, 3.05) is 12.8 Å². The molecule has 0 aliphatic rings. The van der Waals surface area contributed by atoms with Crippen molar-refractivity contribution in [3.05, 3.63) is 46.3 Å². The molecule has 0 spiro atoms. The Hall–Kier alpha value is -2.15. The number of hydrogen-bond acceptors (Lipinski definition) is 5. The number of aromatic nitrogens is 1. The average Bonchev–Trinajstić information content (AvgIpc) is 2.44. The van der Waals surface area contributed by atoms with Crippen molar-refractivity contribution in [2.45, 2.75) is 0 Å². The lowest BCUT2D eigenvalue weighted by Crippen LogP contribution is -2.07. The minimum atomic E-state index is -0.600. The molecule has 7 heteroatoms. The summed E-state index contributed by atoms with van der Waals surface area (Å²) >= 11 is 3.04. The van der Waals surface area contributed by atoms with Crippen LogP contribution in [0.15, 0.2) is 34.9 Å². The summed E-state index contributed by atoms with van der Waals surface area (Å²) in [7, 11) is 1.24. The third-order valence-corrected chi connectivity index (χ3v) is 3.11. The second-order valence-corrected chi connectivity index (χ2v) is 4.60. The maximum absolute atomic E-state index is 13.4. The number of rotatable bonds is 3. The molecular weight excluding hydrogens is 331 g/mol. The van der Waals surface area contributed by atoms with Gasteiger partial charge in [0.25, 0.3) is 0 Å². The van der Waals surface area contributed by atoms with Gasteiger partial charge in [-0.2, -0.15) is 0 Å². The molecule has 0 saturated carbocycles. The molecular formula is C13H10BrFN2O3. The highest BCUT2D eigenvalue weighted by atomic mass is 79.9. The highest BCUT2D eigenvalue weighted by Crippen LogP contribution is 2.29. The molecule has 0 saturated heterocycles. The highest BCUT2D eigenvalue weighted by Gasteiger charge is 2.15. The molecule has 2 rings (SSSR count). The fourth-order valence-electron chi connectivity index (χ4n) is 1.48. The third-order valence-electron chi connectivity index (χ3n) is 2.46. The van der Waals surface area contributed by atoms with Gasteiger partial charge in [0.15, 0.2) is 0 Å². The number of nitrogens with two attached hydrogens (primary N) is 1. The van der Waals surface area contributed by atoms with Crippen LogP contribution in [0, 0.1) is 5.82 Å². The van der Waals surface area contributed by atoms with Crippen LogP contribution in [0.5, 0.6) is 11.6 Å². The van der Waals surface area contributed by atoms with E-state index in [0.29, 0.717) is 4.47 Å². The van der Waals surface area contributed by atoms with Crippen LogP contribution in [0.4, 0.5) is 10.1 Å². The number of carbonyl (C=O) groups excluding carboxylic acids is 1. The Morgan fingerprint density at radius 3 is 2.80 bits per heavy atom. The zero-order valence-electron chi connectivity index (χ0n) is 10.4. The first-order chi connectivity index (χ1) is 9.52. The summed E-state index contributed by atoms with van der Waals surface area (Å²) in [5.41, 5.74) is 5.95. The van der Waals surface area contributed by atoms with E-state index in [2.05, 4.69) is 25.7 Å². The second kappa shape index (κ2) is 5.87. The van der Waals surface area contributed by atoms with Crippen molar-refractivity contribution < 1.29 is 18.7 Å². The normalized spacial score (nSPS) is 10.2. The second-order valence-electron chi connectivity index (χ2n) is 3.75. The molecule has 0 unspecified atom stereocenters. The van der Waals surface area contributed by atoms with Crippen molar-refractivity contribution in [1.82, 2.24) is 4.98 Å². The Morgan fingerprint density at radius 2 is 2.15 bits per heavy atom. The molecule has 0 amide bonds. The van der Waals surface area contributed by atoms with Crippen molar-refractivity contribution in [3.63, 3.8) is 0 Å². The molecule has 0 fully saturated rings. The molecule has 104 valence electrons. The monoisotopic (exact) mass is 340 g/mol. The van der Waals surface area contributed by atoms with Crippen molar-refractivity contribution in [1.29, 1.82) is 0 Å². The van der Waals surface area contributed by atoms with Crippen LogP contribution in [-0.2, 0) is 4.74 Å². The van der Waals surface area contributed by atoms with Gasteiger partial charge in [-0.15, -0.1) is 0 Å². The first kappa shape index (κ1) is 14.3. The van der Waals surface area contributed by atoms with Gasteiger partial charge >= 0.3 is 5.97 Å². The molecule has 0 atom stereocenters. The number of hydrogen-bond donors (Lipinski definition) is 1. The molecule has 1 aromatic heterocycles. The van der Waals surface area contributed by atoms with E-state index in [1.807, 2.05) is 0 Å². The van der Waals surface area contributed by atoms with Crippen molar-refractivity contribution in [2.24, 2.45) is 0 Å². The van der Waals surface area contributed by atoms with Crippen LogP contribution in [0.1, 0.15) is 10.4 Å². The standard InChI is InChI=1S/C13H10BrFN2O3/c1-19-13(18)8-4-5-17-12(11(8)16)20-7-2-3-9(14)10(15)6-7/h2-6H,16H2,1H3. The number of esters is 1.